The number of carbonyl (C=O) groups is 1. The molecule has 1 amide bonds. The highest BCUT2D eigenvalue weighted by atomic mass is 79.9. The van der Waals surface area contributed by atoms with Crippen molar-refractivity contribution in [2.24, 2.45) is 0 Å². The lowest BCUT2D eigenvalue weighted by atomic mass is 10.1. The van der Waals surface area contributed by atoms with Crippen LogP contribution in [0.1, 0.15) is 33.7 Å². The van der Waals surface area contributed by atoms with Crippen LogP contribution in [0.4, 0.5) is 0 Å². The molecule has 152 valence electrons. The van der Waals surface area contributed by atoms with E-state index in [-0.39, 0.29) is 5.91 Å². The van der Waals surface area contributed by atoms with E-state index in [4.69, 9.17) is 4.74 Å². The van der Waals surface area contributed by atoms with Crippen molar-refractivity contribution in [3.05, 3.63) is 80.0 Å². The van der Waals surface area contributed by atoms with Crippen molar-refractivity contribution >= 4 is 37.8 Å². The molecular weight excluding hydrogens is 498 g/mol. The van der Waals surface area contributed by atoms with E-state index < -0.39 is 0 Å². The van der Waals surface area contributed by atoms with Gasteiger partial charge in [-0.2, -0.15) is 5.10 Å². The van der Waals surface area contributed by atoms with E-state index in [0.29, 0.717) is 18.7 Å². The molecule has 0 aliphatic carbocycles. The molecule has 3 rings (SSSR count). The number of hydrogen-bond donors (Lipinski definition) is 1. The lowest BCUT2D eigenvalue weighted by Gasteiger charge is -2.09. The van der Waals surface area contributed by atoms with E-state index in [9.17, 15) is 4.79 Å². The molecule has 0 bridgehead atoms. The predicted molar refractivity (Wildman–Crippen MR) is 121 cm³/mol. The zero-order valence-corrected chi connectivity index (χ0v) is 19.6. The summed E-state index contributed by atoms with van der Waals surface area (Å²) < 4.78 is 9.80. The maximum Gasteiger partial charge on any atom is 0.251 e. The molecule has 1 N–H and O–H groups in total. The first kappa shape index (κ1) is 21.6. The van der Waals surface area contributed by atoms with Gasteiger partial charge in [0.05, 0.1) is 10.2 Å². The molecule has 0 spiro atoms. The summed E-state index contributed by atoms with van der Waals surface area (Å²) in [7, 11) is 0. The number of rotatable bonds is 8. The summed E-state index contributed by atoms with van der Waals surface area (Å²) in [6.07, 6.45) is 0.812. The summed E-state index contributed by atoms with van der Waals surface area (Å²) in [5.74, 6) is 0.712. The van der Waals surface area contributed by atoms with Crippen molar-refractivity contribution in [1.29, 1.82) is 0 Å². The Balaban J connectivity index is 1.48. The van der Waals surface area contributed by atoms with Gasteiger partial charge in [0.1, 0.15) is 12.4 Å². The molecule has 0 fully saturated rings. The van der Waals surface area contributed by atoms with Crippen LogP contribution >= 0.6 is 31.9 Å². The van der Waals surface area contributed by atoms with Gasteiger partial charge >= 0.3 is 0 Å². The standard InChI is InChI=1S/C22H23Br2N3O2/c1-15-21(24)16(2)27(26-15)12-4-11-25-22(28)18-6-3-5-17(13-18)14-29-20-9-7-19(23)8-10-20/h3,5-10,13H,4,11-12,14H2,1-2H3,(H,25,28). The van der Waals surface area contributed by atoms with Crippen LogP contribution in [0.25, 0.3) is 0 Å². The Hall–Kier alpha value is -2.12. The van der Waals surface area contributed by atoms with Crippen LogP contribution < -0.4 is 10.1 Å². The summed E-state index contributed by atoms with van der Waals surface area (Å²) in [5.41, 5.74) is 3.67. The molecule has 0 unspecified atom stereocenters. The monoisotopic (exact) mass is 519 g/mol. The molecule has 29 heavy (non-hydrogen) atoms. The molecule has 0 radical (unpaired) electrons. The average Bonchev–Trinajstić information content (AvgIpc) is 2.97. The second-order valence-corrected chi connectivity index (χ2v) is 8.47. The number of halogens is 2. The fourth-order valence-electron chi connectivity index (χ4n) is 2.93. The first-order chi connectivity index (χ1) is 13.9. The van der Waals surface area contributed by atoms with Gasteiger partial charge in [0.15, 0.2) is 0 Å². The van der Waals surface area contributed by atoms with Gasteiger partial charge in [-0.25, -0.2) is 0 Å². The van der Waals surface area contributed by atoms with E-state index in [1.807, 2.05) is 67.1 Å². The number of hydrogen-bond acceptors (Lipinski definition) is 3. The summed E-state index contributed by atoms with van der Waals surface area (Å²) in [5, 5.41) is 7.47. The number of aromatic nitrogens is 2. The van der Waals surface area contributed by atoms with E-state index in [2.05, 4.69) is 42.3 Å². The Morgan fingerprint density at radius 3 is 2.59 bits per heavy atom. The van der Waals surface area contributed by atoms with Gasteiger partial charge in [-0.15, -0.1) is 0 Å². The number of nitrogens with one attached hydrogen (secondary N) is 1. The second-order valence-electron chi connectivity index (χ2n) is 6.76. The number of aryl methyl sites for hydroxylation is 2. The second kappa shape index (κ2) is 10.1. The largest absolute Gasteiger partial charge is 0.489 e. The van der Waals surface area contributed by atoms with Gasteiger partial charge in [0.2, 0.25) is 0 Å². The third-order valence-electron chi connectivity index (χ3n) is 4.53. The lowest BCUT2D eigenvalue weighted by molar-refractivity contribution is 0.0952. The number of benzene rings is 2. The van der Waals surface area contributed by atoms with Gasteiger partial charge in [-0.1, -0.05) is 28.1 Å². The highest BCUT2D eigenvalue weighted by Crippen LogP contribution is 2.20. The van der Waals surface area contributed by atoms with Crippen molar-refractivity contribution < 1.29 is 9.53 Å². The molecular formula is C22H23Br2N3O2. The Labute approximate surface area is 187 Å². The van der Waals surface area contributed by atoms with Gasteiger partial charge in [0, 0.05) is 28.8 Å². The lowest BCUT2D eigenvalue weighted by Crippen LogP contribution is -2.25. The van der Waals surface area contributed by atoms with E-state index in [0.717, 1.165) is 44.6 Å². The maximum atomic E-state index is 12.5. The molecule has 1 aromatic heterocycles. The van der Waals surface area contributed by atoms with Crippen molar-refractivity contribution in [3.63, 3.8) is 0 Å². The molecule has 0 atom stereocenters. The highest BCUT2D eigenvalue weighted by Gasteiger charge is 2.09. The fourth-order valence-corrected chi connectivity index (χ4v) is 3.47. The molecule has 0 saturated heterocycles. The minimum atomic E-state index is -0.0787. The Bertz CT molecular complexity index is 984. The van der Waals surface area contributed by atoms with Gasteiger partial charge in [-0.05, 0) is 78.2 Å². The van der Waals surface area contributed by atoms with Gasteiger partial charge < -0.3 is 10.1 Å². The summed E-state index contributed by atoms with van der Waals surface area (Å²) >= 11 is 6.94. The zero-order valence-electron chi connectivity index (χ0n) is 16.4. The molecule has 7 heteroatoms. The van der Waals surface area contributed by atoms with Crippen molar-refractivity contribution in [1.82, 2.24) is 15.1 Å². The quantitative estimate of drug-likeness (QED) is 0.403. The Kier molecular flexibility index (Phi) is 7.50. The molecule has 0 aliphatic rings. The first-order valence-electron chi connectivity index (χ1n) is 9.39. The minimum Gasteiger partial charge on any atom is -0.489 e. The number of nitrogens with zero attached hydrogens (tertiary/aromatic N) is 2. The third-order valence-corrected chi connectivity index (χ3v) is 6.21. The summed E-state index contributed by atoms with van der Waals surface area (Å²) in [6, 6.07) is 15.2. The van der Waals surface area contributed by atoms with E-state index in [1.165, 1.54) is 0 Å². The van der Waals surface area contributed by atoms with Crippen LogP contribution in [0.3, 0.4) is 0 Å². The predicted octanol–water partition coefficient (Wildman–Crippen LogP) is 5.42. The fraction of sp³-hybridized carbons (Fsp3) is 0.273. The molecule has 2 aromatic carbocycles. The van der Waals surface area contributed by atoms with Crippen molar-refractivity contribution in [2.75, 3.05) is 6.54 Å². The molecule has 0 aliphatic heterocycles. The van der Waals surface area contributed by atoms with Crippen molar-refractivity contribution in [3.8, 4) is 5.75 Å². The Morgan fingerprint density at radius 1 is 1.14 bits per heavy atom. The summed E-state index contributed by atoms with van der Waals surface area (Å²) in [4.78, 5) is 12.5. The number of carbonyl (C=O) groups excluding carboxylic acids is 1. The van der Waals surface area contributed by atoms with Crippen LogP contribution in [0.15, 0.2) is 57.5 Å². The van der Waals surface area contributed by atoms with Crippen LogP contribution in [0, 0.1) is 13.8 Å². The Morgan fingerprint density at radius 2 is 1.90 bits per heavy atom. The van der Waals surface area contributed by atoms with Crippen LogP contribution in [0.5, 0.6) is 5.75 Å². The number of amides is 1. The van der Waals surface area contributed by atoms with E-state index in [1.54, 1.807) is 0 Å². The molecule has 1 heterocycles. The van der Waals surface area contributed by atoms with Crippen LogP contribution in [-0.4, -0.2) is 22.2 Å². The van der Waals surface area contributed by atoms with Gasteiger partial charge in [-0.3, -0.25) is 9.48 Å². The average molecular weight is 521 g/mol. The minimum absolute atomic E-state index is 0.0787. The van der Waals surface area contributed by atoms with Crippen molar-refractivity contribution in [2.45, 2.75) is 33.4 Å². The zero-order chi connectivity index (χ0) is 20.8. The molecule has 0 saturated carbocycles. The SMILES string of the molecule is Cc1nn(CCCNC(=O)c2cccc(COc3ccc(Br)cc3)c2)c(C)c1Br. The summed E-state index contributed by atoms with van der Waals surface area (Å²) in [6.45, 7) is 5.77. The molecule has 5 nitrogen and oxygen atoms in total. The normalized spacial score (nSPS) is 10.8. The van der Waals surface area contributed by atoms with Crippen LogP contribution in [-0.2, 0) is 13.2 Å². The topological polar surface area (TPSA) is 56.2 Å². The smallest absolute Gasteiger partial charge is 0.251 e. The van der Waals surface area contributed by atoms with E-state index >= 15 is 0 Å². The van der Waals surface area contributed by atoms with Crippen LogP contribution in [0.2, 0.25) is 0 Å². The first-order valence-corrected chi connectivity index (χ1v) is 11.0. The van der Waals surface area contributed by atoms with Gasteiger partial charge in [0.25, 0.3) is 5.91 Å². The maximum absolute atomic E-state index is 12.5. The molecule has 3 aromatic rings. The number of ether oxygens (including phenoxy) is 1. The highest BCUT2D eigenvalue weighted by molar-refractivity contribution is 9.10. The third kappa shape index (κ3) is 5.93.